The first-order valence-corrected chi connectivity index (χ1v) is 12.6. The number of likely N-dealkylation sites (tertiary alicyclic amines) is 1. The SMILES string of the molecule is CCCOc1ccc(C2/C(=C(/O)c3ccc(OC)c(C(C)C)c3)C(=O)C(=O)N2C2CCCC2)cc1. The monoisotopic (exact) mass is 477 g/mol. The van der Waals surface area contributed by atoms with Crippen LogP contribution in [-0.2, 0) is 9.59 Å². The number of methoxy groups -OCH3 is 1. The van der Waals surface area contributed by atoms with Crippen molar-refractivity contribution in [3.63, 3.8) is 0 Å². The van der Waals surface area contributed by atoms with Crippen LogP contribution in [0.3, 0.4) is 0 Å². The molecule has 1 saturated carbocycles. The summed E-state index contributed by atoms with van der Waals surface area (Å²) in [6.45, 7) is 6.76. The lowest BCUT2D eigenvalue weighted by molar-refractivity contribution is -0.141. The van der Waals surface area contributed by atoms with Crippen molar-refractivity contribution >= 4 is 17.4 Å². The molecule has 2 fully saturated rings. The van der Waals surface area contributed by atoms with Crippen molar-refractivity contribution in [3.8, 4) is 11.5 Å². The maximum Gasteiger partial charge on any atom is 0.295 e. The fourth-order valence-electron chi connectivity index (χ4n) is 5.19. The number of hydrogen-bond acceptors (Lipinski definition) is 5. The van der Waals surface area contributed by atoms with Gasteiger partial charge in [0.1, 0.15) is 17.3 Å². The van der Waals surface area contributed by atoms with Crippen LogP contribution in [0, 0.1) is 0 Å². The third-order valence-corrected chi connectivity index (χ3v) is 6.99. The zero-order chi connectivity index (χ0) is 25.1. The summed E-state index contributed by atoms with van der Waals surface area (Å²) in [6.07, 6.45) is 4.69. The Kier molecular flexibility index (Phi) is 7.48. The molecule has 2 aromatic carbocycles. The summed E-state index contributed by atoms with van der Waals surface area (Å²) in [7, 11) is 1.61. The van der Waals surface area contributed by atoms with Crippen LogP contribution >= 0.6 is 0 Å². The first kappa shape index (κ1) is 24.8. The third kappa shape index (κ3) is 4.79. The van der Waals surface area contributed by atoms with E-state index >= 15 is 0 Å². The van der Waals surface area contributed by atoms with E-state index in [1.165, 1.54) is 0 Å². The van der Waals surface area contributed by atoms with Gasteiger partial charge in [0.25, 0.3) is 11.7 Å². The molecule has 0 radical (unpaired) electrons. The molecule has 1 saturated heterocycles. The van der Waals surface area contributed by atoms with E-state index in [-0.39, 0.29) is 23.3 Å². The fourth-order valence-corrected chi connectivity index (χ4v) is 5.19. The molecule has 1 aliphatic carbocycles. The zero-order valence-electron chi connectivity index (χ0n) is 21.0. The highest BCUT2D eigenvalue weighted by molar-refractivity contribution is 6.46. The number of nitrogens with zero attached hydrogens (tertiary/aromatic N) is 1. The fraction of sp³-hybridized carbons (Fsp3) is 0.448. The van der Waals surface area contributed by atoms with Crippen LogP contribution in [0.5, 0.6) is 11.5 Å². The van der Waals surface area contributed by atoms with Crippen LogP contribution < -0.4 is 9.47 Å². The highest BCUT2D eigenvalue weighted by Crippen LogP contribution is 2.44. The van der Waals surface area contributed by atoms with E-state index < -0.39 is 17.7 Å². The van der Waals surface area contributed by atoms with Gasteiger partial charge in [-0.2, -0.15) is 0 Å². The smallest absolute Gasteiger partial charge is 0.295 e. The number of hydrogen-bond donors (Lipinski definition) is 1. The van der Waals surface area contributed by atoms with Gasteiger partial charge in [0.15, 0.2) is 0 Å². The number of benzene rings is 2. The number of rotatable bonds is 8. The molecular weight excluding hydrogens is 442 g/mol. The van der Waals surface area contributed by atoms with Crippen molar-refractivity contribution in [3.05, 3.63) is 64.7 Å². The van der Waals surface area contributed by atoms with Crippen molar-refractivity contribution in [1.29, 1.82) is 0 Å². The first-order chi connectivity index (χ1) is 16.9. The van der Waals surface area contributed by atoms with E-state index in [1.54, 1.807) is 24.1 Å². The maximum atomic E-state index is 13.4. The highest BCUT2D eigenvalue weighted by Gasteiger charge is 2.49. The molecule has 2 aromatic rings. The molecule has 1 N–H and O–H groups in total. The Hall–Kier alpha value is -3.28. The van der Waals surface area contributed by atoms with Crippen LogP contribution in [0.2, 0.25) is 0 Å². The van der Waals surface area contributed by atoms with Gasteiger partial charge in [-0.1, -0.05) is 45.7 Å². The number of aliphatic hydroxyl groups excluding tert-OH is 1. The molecule has 4 rings (SSSR count). The molecule has 1 amide bonds. The van der Waals surface area contributed by atoms with E-state index in [4.69, 9.17) is 9.47 Å². The van der Waals surface area contributed by atoms with Gasteiger partial charge in [-0.05, 0) is 66.6 Å². The second-order valence-corrected chi connectivity index (χ2v) is 9.67. The molecule has 6 nitrogen and oxygen atoms in total. The Labute approximate surface area is 207 Å². The second kappa shape index (κ2) is 10.5. The molecule has 0 bridgehead atoms. The number of Topliss-reactive ketones (excluding diaryl/α,β-unsaturated/α-hetero) is 1. The molecule has 186 valence electrons. The molecule has 1 unspecified atom stereocenters. The Morgan fingerprint density at radius 3 is 2.37 bits per heavy atom. The summed E-state index contributed by atoms with van der Waals surface area (Å²) >= 11 is 0. The lowest BCUT2D eigenvalue weighted by Crippen LogP contribution is -2.37. The van der Waals surface area contributed by atoms with E-state index in [0.29, 0.717) is 12.2 Å². The van der Waals surface area contributed by atoms with Crippen LogP contribution in [0.25, 0.3) is 5.76 Å². The van der Waals surface area contributed by atoms with Gasteiger partial charge in [0, 0.05) is 11.6 Å². The summed E-state index contributed by atoms with van der Waals surface area (Å²) < 4.78 is 11.2. The van der Waals surface area contributed by atoms with Crippen molar-refractivity contribution in [2.45, 2.75) is 70.9 Å². The number of carbonyl (C=O) groups is 2. The average Bonchev–Trinajstić information content (AvgIpc) is 3.48. The summed E-state index contributed by atoms with van der Waals surface area (Å²) in [6, 6.07) is 12.2. The van der Waals surface area contributed by atoms with Crippen LogP contribution in [-0.4, -0.2) is 41.5 Å². The Morgan fingerprint density at radius 1 is 1.09 bits per heavy atom. The van der Waals surface area contributed by atoms with Gasteiger partial charge in [-0.15, -0.1) is 0 Å². The van der Waals surface area contributed by atoms with E-state index in [2.05, 4.69) is 0 Å². The van der Waals surface area contributed by atoms with Crippen molar-refractivity contribution in [2.75, 3.05) is 13.7 Å². The number of ether oxygens (including phenoxy) is 2. The molecule has 6 heteroatoms. The number of carbonyl (C=O) groups excluding carboxylic acids is 2. The number of amides is 1. The Balaban J connectivity index is 1.83. The molecule has 1 heterocycles. The molecular formula is C29H35NO5. The molecule has 0 aromatic heterocycles. The van der Waals surface area contributed by atoms with Gasteiger partial charge in [0.05, 0.1) is 25.3 Å². The predicted molar refractivity (Wildman–Crippen MR) is 136 cm³/mol. The zero-order valence-corrected chi connectivity index (χ0v) is 21.0. The van der Waals surface area contributed by atoms with Crippen LogP contribution in [0.1, 0.15) is 81.5 Å². The van der Waals surface area contributed by atoms with E-state index in [1.807, 2.05) is 51.1 Å². The van der Waals surface area contributed by atoms with Gasteiger partial charge < -0.3 is 19.5 Å². The lowest BCUT2D eigenvalue weighted by atomic mass is 9.92. The lowest BCUT2D eigenvalue weighted by Gasteiger charge is -2.31. The largest absolute Gasteiger partial charge is 0.507 e. The van der Waals surface area contributed by atoms with Gasteiger partial charge in [0.2, 0.25) is 0 Å². The minimum Gasteiger partial charge on any atom is -0.507 e. The topological polar surface area (TPSA) is 76.1 Å². The third-order valence-electron chi connectivity index (χ3n) is 6.99. The molecule has 1 aliphatic heterocycles. The minimum absolute atomic E-state index is 0.0140. The van der Waals surface area contributed by atoms with E-state index in [9.17, 15) is 14.7 Å². The van der Waals surface area contributed by atoms with Crippen LogP contribution in [0.15, 0.2) is 48.0 Å². The number of aliphatic hydroxyl groups is 1. The number of ketones is 1. The Bertz CT molecular complexity index is 1110. The predicted octanol–water partition coefficient (Wildman–Crippen LogP) is 5.97. The van der Waals surface area contributed by atoms with Gasteiger partial charge >= 0.3 is 0 Å². The maximum absolute atomic E-state index is 13.4. The Morgan fingerprint density at radius 2 is 1.77 bits per heavy atom. The standard InChI is InChI=1S/C29H35NO5/c1-5-16-35-22-13-10-19(11-14-22)26-25(28(32)29(33)30(26)21-8-6-7-9-21)27(31)20-12-15-24(34-4)23(17-20)18(2)3/h10-15,17-18,21,26,31H,5-9,16H2,1-4H3/b27-25-. The highest BCUT2D eigenvalue weighted by atomic mass is 16.5. The quantitative estimate of drug-likeness (QED) is 0.288. The average molecular weight is 478 g/mol. The first-order valence-electron chi connectivity index (χ1n) is 12.6. The minimum atomic E-state index is -0.636. The van der Waals surface area contributed by atoms with Crippen molar-refractivity contribution in [2.24, 2.45) is 0 Å². The summed E-state index contributed by atoms with van der Waals surface area (Å²) in [5.41, 5.74) is 2.37. The molecule has 0 spiro atoms. The van der Waals surface area contributed by atoms with E-state index in [0.717, 1.165) is 54.7 Å². The van der Waals surface area contributed by atoms with Crippen LogP contribution in [0.4, 0.5) is 0 Å². The van der Waals surface area contributed by atoms with Crippen molar-refractivity contribution < 1.29 is 24.2 Å². The summed E-state index contributed by atoms with van der Waals surface area (Å²) in [5.74, 6) is 0.307. The molecule has 1 atom stereocenters. The van der Waals surface area contributed by atoms with Gasteiger partial charge in [-0.3, -0.25) is 9.59 Å². The second-order valence-electron chi connectivity index (χ2n) is 9.67. The summed E-state index contributed by atoms with van der Waals surface area (Å²) in [4.78, 5) is 28.4. The molecule has 35 heavy (non-hydrogen) atoms. The normalized spacial score (nSPS) is 20.1. The van der Waals surface area contributed by atoms with Gasteiger partial charge in [-0.25, -0.2) is 0 Å². The molecule has 2 aliphatic rings. The van der Waals surface area contributed by atoms with Crippen molar-refractivity contribution in [1.82, 2.24) is 4.90 Å². The summed E-state index contributed by atoms with van der Waals surface area (Å²) in [5, 5.41) is 11.5.